The molecule has 1 aliphatic rings. The minimum absolute atomic E-state index is 0.569. The second-order valence-corrected chi connectivity index (χ2v) is 7.08. The summed E-state index contributed by atoms with van der Waals surface area (Å²) in [4.78, 5) is 4.71. The molecule has 3 nitrogen and oxygen atoms in total. The van der Waals surface area contributed by atoms with Crippen molar-refractivity contribution in [2.24, 2.45) is 0 Å². The van der Waals surface area contributed by atoms with Gasteiger partial charge in [-0.2, -0.15) is 5.10 Å². The molecular weight excluding hydrogens is 417 g/mol. The van der Waals surface area contributed by atoms with E-state index in [4.69, 9.17) is 4.98 Å². The SMILES string of the molecule is Brc1ccc(I)c(-c2n[nH]c(C3CCCCC3)n2)c1. The van der Waals surface area contributed by atoms with Crippen molar-refractivity contribution >= 4 is 38.5 Å². The average molecular weight is 432 g/mol. The summed E-state index contributed by atoms with van der Waals surface area (Å²) in [6.07, 6.45) is 6.47. The Morgan fingerprint density at radius 2 is 2.00 bits per heavy atom. The van der Waals surface area contributed by atoms with Crippen LogP contribution < -0.4 is 0 Å². The molecule has 1 heterocycles. The van der Waals surface area contributed by atoms with E-state index in [2.05, 4.69) is 60.9 Å². The zero-order valence-corrected chi connectivity index (χ0v) is 14.2. The number of rotatable bonds is 2. The monoisotopic (exact) mass is 431 g/mol. The van der Waals surface area contributed by atoms with Gasteiger partial charge in [-0.3, -0.25) is 5.10 Å². The van der Waals surface area contributed by atoms with Gasteiger partial charge < -0.3 is 0 Å². The maximum absolute atomic E-state index is 4.71. The van der Waals surface area contributed by atoms with Crippen LogP contribution >= 0.6 is 38.5 Å². The van der Waals surface area contributed by atoms with E-state index < -0.39 is 0 Å². The van der Waals surface area contributed by atoms with Gasteiger partial charge in [0.2, 0.25) is 0 Å². The highest BCUT2D eigenvalue weighted by molar-refractivity contribution is 14.1. The molecule has 1 saturated carbocycles. The molecule has 1 aromatic carbocycles. The number of H-pyrrole nitrogens is 1. The number of halogens is 2. The van der Waals surface area contributed by atoms with Crippen molar-refractivity contribution in [2.45, 2.75) is 38.0 Å². The molecule has 0 unspecified atom stereocenters. The molecule has 0 amide bonds. The zero-order chi connectivity index (χ0) is 13.2. The predicted octanol–water partition coefficient (Wildman–Crippen LogP) is 4.89. The first-order chi connectivity index (χ1) is 9.24. The molecule has 0 spiro atoms. The fraction of sp³-hybridized carbons (Fsp3) is 0.429. The van der Waals surface area contributed by atoms with Gasteiger partial charge in [0.05, 0.1) is 0 Å². The van der Waals surface area contributed by atoms with Crippen molar-refractivity contribution in [3.05, 3.63) is 32.1 Å². The van der Waals surface area contributed by atoms with Crippen LogP contribution in [0.15, 0.2) is 22.7 Å². The van der Waals surface area contributed by atoms with Gasteiger partial charge in [-0.25, -0.2) is 4.98 Å². The number of hydrogen-bond donors (Lipinski definition) is 1. The lowest BCUT2D eigenvalue weighted by Crippen LogP contribution is -2.06. The fourth-order valence-electron chi connectivity index (χ4n) is 2.62. The Morgan fingerprint density at radius 1 is 1.21 bits per heavy atom. The first kappa shape index (κ1) is 13.5. The van der Waals surface area contributed by atoms with E-state index >= 15 is 0 Å². The van der Waals surface area contributed by atoms with Crippen LogP contribution in [-0.2, 0) is 0 Å². The van der Waals surface area contributed by atoms with Crippen LogP contribution in [0, 0.1) is 3.57 Å². The molecule has 1 N–H and O–H groups in total. The van der Waals surface area contributed by atoms with Crippen LogP contribution in [0.4, 0.5) is 0 Å². The fourth-order valence-corrected chi connectivity index (χ4v) is 3.56. The number of aromatic amines is 1. The van der Waals surface area contributed by atoms with Crippen molar-refractivity contribution < 1.29 is 0 Å². The molecule has 0 radical (unpaired) electrons. The normalized spacial score (nSPS) is 16.7. The Balaban J connectivity index is 1.89. The maximum atomic E-state index is 4.71. The molecule has 1 aliphatic carbocycles. The molecule has 2 aromatic rings. The number of nitrogens with one attached hydrogen (secondary N) is 1. The van der Waals surface area contributed by atoms with E-state index in [1.165, 1.54) is 35.7 Å². The molecule has 0 atom stereocenters. The number of hydrogen-bond acceptors (Lipinski definition) is 2. The average Bonchev–Trinajstić information content (AvgIpc) is 2.92. The van der Waals surface area contributed by atoms with Crippen molar-refractivity contribution in [3.63, 3.8) is 0 Å². The summed E-state index contributed by atoms with van der Waals surface area (Å²) in [5.74, 6) is 2.44. The molecular formula is C14H15BrIN3. The lowest BCUT2D eigenvalue weighted by atomic mass is 9.89. The standard InChI is InChI=1S/C14H15BrIN3/c15-10-6-7-12(16)11(8-10)14-17-13(18-19-14)9-4-2-1-3-5-9/h6-9H,1-5H2,(H,17,18,19). The summed E-state index contributed by atoms with van der Waals surface area (Å²) < 4.78 is 2.24. The van der Waals surface area contributed by atoms with Gasteiger partial charge in [0.25, 0.3) is 0 Å². The molecule has 5 heteroatoms. The summed E-state index contributed by atoms with van der Waals surface area (Å²) in [5, 5.41) is 7.54. The zero-order valence-electron chi connectivity index (χ0n) is 10.5. The van der Waals surface area contributed by atoms with E-state index in [0.29, 0.717) is 5.92 Å². The summed E-state index contributed by atoms with van der Waals surface area (Å²) >= 11 is 5.84. The van der Waals surface area contributed by atoms with Crippen LogP contribution in [0.1, 0.15) is 43.8 Å². The van der Waals surface area contributed by atoms with Gasteiger partial charge in [0.15, 0.2) is 5.82 Å². The Labute approximate surface area is 134 Å². The van der Waals surface area contributed by atoms with Gasteiger partial charge in [0, 0.05) is 19.5 Å². The molecule has 1 aromatic heterocycles. The lowest BCUT2D eigenvalue weighted by molar-refractivity contribution is 0.429. The summed E-state index contributed by atoms with van der Waals surface area (Å²) in [6, 6.07) is 6.20. The topological polar surface area (TPSA) is 41.6 Å². The first-order valence-corrected chi connectivity index (χ1v) is 8.49. The third-order valence-electron chi connectivity index (χ3n) is 3.66. The quantitative estimate of drug-likeness (QED) is 0.688. The van der Waals surface area contributed by atoms with E-state index in [-0.39, 0.29) is 0 Å². The van der Waals surface area contributed by atoms with E-state index in [0.717, 1.165) is 21.7 Å². The number of nitrogens with zero attached hydrogens (tertiary/aromatic N) is 2. The molecule has 100 valence electrons. The largest absolute Gasteiger partial charge is 0.262 e. The highest BCUT2D eigenvalue weighted by Crippen LogP contribution is 2.32. The third-order valence-corrected chi connectivity index (χ3v) is 5.10. The van der Waals surface area contributed by atoms with Gasteiger partial charge in [-0.1, -0.05) is 35.2 Å². The lowest BCUT2D eigenvalue weighted by Gasteiger charge is -2.18. The van der Waals surface area contributed by atoms with Gasteiger partial charge in [-0.15, -0.1) is 0 Å². The second-order valence-electron chi connectivity index (χ2n) is 5.00. The maximum Gasteiger partial charge on any atom is 0.182 e. The smallest absolute Gasteiger partial charge is 0.182 e. The van der Waals surface area contributed by atoms with Crippen molar-refractivity contribution in [1.82, 2.24) is 15.2 Å². The highest BCUT2D eigenvalue weighted by Gasteiger charge is 2.20. The Morgan fingerprint density at radius 3 is 2.79 bits per heavy atom. The van der Waals surface area contributed by atoms with Crippen molar-refractivity contribution in [1.29, 1.82) is 0 Å². The second kappa shape index (κ2) is 5.91. The van der Waals surface area contributed by atoms with Crippen LogP contribution in [0.5, 0.6) is 0 Å². The number of benzene rings is 1. The summed E-state index contributed by atoms with van der Waals surface area (Å²) in [6.45, 7) is 0. The predicted molar refractivity (Wildman–Crippen MR) is 88.1 cm³/mol. The molecule has 0 bridgehead atoms. The van der Waals surface area contributed by atoms with Gasteiger partial charge in [-0.05, 0) is 53.6 Å². The molecule has 0 aliphatic heterocycles. The number of aromatic nitrogens is 3. The molecule has 0 saturated heterocycles. The van der Waals surface area contributed by atoms with Crippen LogP contribution in [0.3, 0.4) is 0 Å². The van der Waals surface area contributed by atoms with Crippen molar-refractivity contribution in [3.8, 4) is 11.4 Å². The van der Waals surface area contributed by atoms with Crippen LogP contribution in [0.25, 0.3) is 11.4 Å². The third kappa shape index (κ3) is 3.02. The summed E-state index contributed by atoms with van der Waals surface area (Å²) in [5.41, 5.74) is 1.09. The Bertz CT molecular complexity index is 576. The molecule has 19 heavy (non-hydrogen) atoms. The Hall–Kier alpha value is -0.430. The molecule has 3 rings (SSSR count). The minimum Gasteiger partial charge on any atom is -0.262 e. The highest BCUT2D eigenvalue weighted by atomic mass is 127. The van der Waals surface area contributed by atoms with E-state index in [1.54, 1.807) is 0 Å². The Kier molecular flexibility index (Phi) is 4.21. The van der Waals surface area contributed by atoms with E-state index in [9.17, 15) is 0 Å². The van der Waals surface area contributed by atoms with Gasteiger partial charge in [0.1, 0.15) is 5.82 Å². The van der Waals surface area contributed by atoms with Crippen molar-refractivity contribution in [2.75, 3.05) is 0 Å². The summed E-state index contributed by atoms with van der Waals surface area (Å²) in [7, 11) is 0. The first-order valence-electron chi connectivity index (χ1n) is 6.62. The van der Waals surface area contributed by atoms with E-state index in [1.807, 2.05) is 6.07 Å². The molecule has 1 fully saturated rings. The van der Waals surface area contributed by atoms with Crippen LogP contribution in [-0.4, -0.2) is 15.2 Å². The van der Waals surface area contributed by atoms with Gasteiger partial charge >= 0.3 is 0 Å². The van der Waals surface area contributed by atoms with Crippen LogP contribution in [0.2, 0.25) is 0 Å². The minimum atomic E-state index is 0.569.